The summed E-state index contributed by atoms with van der Waals surface area (Å²) in [6.07, 6.45) is 2.80. The molecule has 0 N–H and O–H groups in total. The van der Waals surface area contributed by atoms with Crippen LogP contribution in [-0.4, -0.2) is 29.5 Å². The molecule has 0 bridgehead atoms. The van der Waals surface area contributed by atoms with Gasteiger partial charge in [0.1, 0.15) is 5.75 Å². The lowest BCUT2D eigenvalue weighted by Gasteiger charge is -2.24. The van der Waals surface area contributed by atoms with Crippen molar-refractivity contribution in [2.45, 2.75) is 39.1 Å². The number of carbonyl (C=O) groups excluding carboxylic acids is 2. The summed E-state index contributed by atoms with van der Waals surface area (Å²) in [7, 11) is 0. The van der Waals surface area contributed by atoms with Gasteiger partial charge in [-0.25, -0.2) is 0 Å². The van der Waals surface area contributed by atoms with Gasteiger partial charge in [-0.1, -0.05) is 68.4 Å². The molecule has 5 heteroatoms. The molecule has 2 amide bonds. The van der Waals surface area contributed by atoms with Crippen molar-refractivity contribution in [3.63, 3.8) is 0 Å². The maximum absolute atomic E-state index is 12.1. The van der Waals surface area contributed by atoms with Crippen LogP contribution in [0.25, 0.3) is 10.8 Å². The normalized spacial score (nSPS) is 15.4. The van der Waals surface area contributed by atoms with Crippen molar-refractivity contribution in [2.75, 3.05) is 6.54 Å². The zero-order valence-electron chi connectivity index (χ0n) is 18.4. The third-order valence-corrected chi connectivity index (χ3v) is 5.87. The number of carbonyl (C=O) groups is 2. The average Bonchev–Trinajstić information content (AvgIpc) is 3.14. The largest absolute Gasteiger partial charge is 0.463 e. The summed E-state index contributed by atoms with van der Waals surface area (Å²) in [6, 6.07) is 22.0. The van der Waals surface area contributed by atoms with Crippen LogP contribution in [0.1, 0.15) is 37.3 Å². The van der Waals surface area contributed by atoms with E-state index in [1.54, 1.807) is 0 Å². The van der Waals surface area contributed by atoms with E-state index < -0.39 is 6.29 Å². The van der Waals surface area contributed by atoms with Crippen LogP contribution in [0.5, 0.6) is 5.75 Å². The minimum atomic E-state index is -0.795. The van der Waals surface area contributed by atoms with Crippen LogP contribution in [-0.2, 0) is 20.9 Å². The van der Waals surface area contributed by atoms with Gasteiger partial charge in [-0.2, -0.15) is 0 Å². The van der Waals surface area contributed by atoms with Gasteiger partial charge in [-0.15, -0.1) is 0 Å². The highest BCUT2D eigenvalue weighted by molar-refractivity contribution is 6.12. The number of imide groups is 1. The van der Waals surface area contributed by atoms with Crippen molar-refractivity contribution in [1.82, 2.24) is 4.90 Å². The maximum atomic E-state index is 12.1. The summed E-state index contributed by atoms with van der Waals surface area (Å²) in [5.41, 5.74) is 2.25. The highest BCUT2D eigenvalue weighted by atomic mass is 16.7. The molecule has 0 aromatic heterocycles. The Morgan fingerprint density at radius 1 is 0.875 bits per heavy atom. The predicted octanol–water partition coefficient (Wildman–Crippen LogP) is 5.20. The maximum Gasteiger partial charge on any atom is 0.253 e. The molecule has 0 saturated heterocycles. The van der Waals surface area contributed by atoms with Crippen LogP contribution in [0.3, 0.4) is 0 Å². The SMILES string of the molecule is CCC(C)c1ccc(OC(CN2C(=O)C=CC2=O)OCc2cccc3ccccc23)cc1. The van der Waals surface area contributed by atoms with Crippen molar-refractivity contribution in [2.24, 2.45) is 0 Å². The fourth-order valence-electron chi connectivity index (χ4n) is 3.75. The molecule has 3 aromatic rings. The Hall–Kier alpha value is -3.44. The summed E-state index contributed by atoms with van der Waals surface area (Å²) < 4.78 is 12.2. The minimum absolute atomic E-state index is 0.0164. The van der Waals surface area contributed by atoms with Gasteiger partial charge in [-0.05, 0) is 46.4 Å². The highest BCUT2D eigenvalue weighted by Gasteiger charge is 2.28. The quantitative estimate of drug-likeness (QED) is 0.347. The number of nitrogens with zero attached hydrogens (tertiary/aromatic N) is 1. The van der Waals surface area contributed by atoms with Gasteiger partial charge >= 0.3 is 0 Å². The number of amides is 2. The molecule has 164 valence electrons. The molecule has 4 rings (SSSR count). The molecule has 1 heterocycles. The number of fused-ring (bicyclic) bond motifs is 1. The molecule has 0 aliphatic carbocycles. The summed E-state index contributed by atoms with van der Waals surface area (Å²) >= 11 is 0. The van der Waals surface area contributed by atoms with Crippen LogP contribution in [0.2, 0.25) is 0 Å². The minimum Gasteiger partial charge on any atom is -0.463 e. The van der Waals surface area contributed by atoms with Gasteiger partial charge in [0.05, 0.1) is 13.2 Å². The Labute approximate surface area is 188 Å². The highest BCUT2D eigenvalue weighted by Crippen LogP contribution is 2.24. The number of hydrogen-bond acceptors (Lipinski definition) is 4. The van der Waals surface area contributed by atoms with E-state index in [0.717, 1.165) is 27.7 Å². The van der Waals surface area contributed by atoms with E-state index in [1.165, 1.54) is 17.7 Å². The molecule has 1 aliphatic rings. The van der Waals surface area contributed by atoms with Gasteiger partial charge in [0.25, 0.3) is 11.8 Å². The van der Waals surface area contributed by atoms with Gasteiger partial charge in [0.2, 0.25) is 6.29 Å². The number of rotatable bonds is 9. The molecule has 5 nitrogen and oxygen atoms in total. The Kier molecular flexibility index (Phi) is 6.66. The Morgan fingerprint density at radius 3 is 2.28 bits per heavy atom. The Balaban J connectivity index is 1.52. The van der Waals surface area contributed by atoms with E-state index in [2.05, 4.69) is 32.0 Å². The smallest absolute Gasteiger partial charge is 0.253 e. The van der Waals surface area contributed by atoms with Crippen molar-refractivity contribution in [3.05, 3.63) is 90.0 Å². The van der Waals surface area contributed by atoms with Crippen LogP contribution in [0, 0.1) is 0 Å². The molecular formula is C27H27NO4. The van der Waals surface area contributed by atoms with Crippen molar-refractivity contribution < 1.29 is 19.1 Å². The molecule has 2 unspecified atom stereocenters. The predicted molar refractivity (Wildman–Crippen MR) is 124 cm³/mol. The average molecular weight is 430 g/mol. The molecule has 0 saturated carbocycles. The van der Waals surface area contributed by atoms with Crippen molar-refractivity contribution >= 4 is 22.6 Å². The number of benzene rings is 3. The topological polar surface area (TPSA) is 55.8 Å². The van der Waals surface area contributed by atoms with Crippen LogP contribution >= 0.6 is 0 Å². The molecule has 0 fully saturated rings. The fraction of sp³-hybridized carbons (Fsp3) is 0.259. The second kappa shape index (κ2) is 9.79. The monoisotopic (exact) mass is 429 g/mol. The van der Waals surface area contributed by atoms with E-state index in [0.29, 0.717) is 18.3 Å². The zero-order chi connectivity index (χ0) is 22.5. The first-order chi connectivity index (χ1) is 15.5. The third kappa shape index (κ3) is 4.89. The van der Waals surface area contributed by atoms with Gasteiger partial charge in [0.15, 0.2) is 0 Å². The summed E-state index contributed by atoms with van der Waals surface area (Å²) in [5.74, 6) is 0.384. The lowest BCUT2D eigenvalue weighted by atomic mass is 9.99. The molecule has 3 aromatic carbocycles. The molecular weight excluding hydrogens is 402 g/mol. The Morgan fingerprint density at radius 2 is 1.56 bits per heavy atom. The molecule has 0 radical (unpaired) electrons. The molecule has 0 spiro atoms. The van der Waals surface area contributed by atoms with Crippen LogP contribution in [0.4, 0.5) is 0 Å². The van der Waals surface area contributed by atoms with Crippen molar-refractivity contribution in [1.29, 1.82) is 0 Å². The van der Waals surface area contributed by atoms with E-state index in [9.17, 15) is 9.59 Å². The first-order valence-electron chi connectivity index (χ1n) is 10.9. The standard InChI is InChI=1S/C27H27NO4/c1-3-19(2)20-11-13-23(14-12-20)32-27(17-28-25(29)15-16-26(28)30)31-18-22-9-6-8-21-7-4-5-10-24(21)22/h4-16,19,27H,3,17-18H2,1-2H3. The van der Waals surface area contributed by atoms with Crippen LogP contribution in [0.15, 0.2) is 78.9 Å². The van der Waals surface area contributed by atoms with Gasteiger partial charge in [-0.3, -0.25) is 14.5 Å². The number of hydrogen-bond donors (Lipinski definition) is 0. The summed E-state index contributed by atoms with van der Waals surface area (Å²) in [6.45, 7) is 4.65. The van der Waals surface area contributed by atoms with Crippen molar-refractivity contribution in [3.8, 4) is 5.75 Å². The van der Waals surface area contributed by atoms with E-state index >= 15 is 0 Å². The molecule has 2 atom stereocenters. The molecule has 1 aliphatic heterocycles. The first-order valence-corrected chi connectivity index (χ1v) is 10.9. The van der Waals surface area contributed by atoms with E-state index in [1.807, 2.05) is 48.5 Å². The lowest BCUT2D eigenvalue weighted by molar-refractivity contribution is -0.147. The zero-order valence-corrected chi connectivity index (χ0v) is 18.4. The van der Waals surface area contributed by atoms with Gasteiger partial charge in [0, 0.05) is 12.2 Å². The summed E-state index contributed by atoms with van der Waals surface area (Å²) in [5, 5.41) is 2.22. The van der Waals surface area contributed by atoms with Gasteiger partial charge < -0.3 is 9.47 Å². The third-order valence-electron chi connectivity index (χ3n) is 5.87. The number of ether oxygens (including phenoxy) is 2. The fourth-order valence-corrected chi connectivity index (χ4v) is 3.75. The van der Waals surface area contributed by atoms with E-state index in [-0.39, 0.29) is 18.4 Å². The second-order valence-corrected chi connectivity index (χ2v) is 8.00. The van der Waals surface area contributed by atoms with E-state index in [4.69, 9.17) is 9.47 Å². The molecule has 32 heavy (non-hydrogen) atoms. The lowest BCUT2D eigenvalue weighted by Crippen LogP contribution is -2.40. The Bertz CT molecular complexity index is 1110. The van der Waals surface area contributed by atoms with Crippen LogP contribution < -0.4 is 4.74 Å². The second-order valence-electron chi connectivity index (χ2n) is 8.00. The summed E-state index contributed by atoms with van der Waals surface area (Å²) in [4.78, 5) is 25.3. The first kappa shape index (κ1) is 21.8.